The number of ether oxygens (including phenoxy) is 1. The highest BCUT2D eigenvalue weighted by molar-refractivity contribution is 5.82. The summed E-state index contributed by atoms with van der Waals surface area (Å²) in [7, 11) is 0. The van der Waals surface area contributed by atoms with Crippen LogP contribution in [0.3, 0.4) is 0 Å². The fourth-order valence-corrected chi connectivity index (χ4v) is 2.53. The molecule has 5 heteroatoms. The van der Waals surface area contributed by atoms with Gasteiger partial charge < -0.3 is 14.1 Å². The number of nitrogens with zero attached hydrogens (tertiary/aromatic N) is 1. The van der Waals surface area contributed by atoms with Gasteiger partial charge in [-0.2, -0.15) is 0 Å². The first-order valence-corrected chi connectivity index (χ1v) is 8.06. The van der Waals surface area contributed by atoms with Crippen molar-refractivity contribution in [3.63, 3.8) is 0 Å². The highest BCUT2D eigenvalue weighted by atomic mass is 16.5. The van der Waals surface area contributed by atoms with Crippen LogP contribution in [0.4, 0.5) is 0 Å². The fraction of sp³-hybridized carbons (Fsp3) is 0.368. The summed E-state index contributed by atoms with van der Waals surface area (Å²) < 4.78 is 10.8. The molecule has 24 heavy (non-hydrogen) atoms. The molecule has 1 aromatic heterocycles. The van der Waals surface area contributed by atoms with Crippen molar-refractivity contribution in [2.45, 2.75) is 27.2 Å². The van der Waals surface area contributed by atoms with Crippen molar-refractivity contribution in [2.75, 3.05) is 19.7 Å². The smallest absolute Gasteiger partial charge is 0.336 e. The second-order valence-electron chi connectivity index (χ2n) is 5.76. The third-order valence-corrected chi connectivity index (χ3v) is 3.74. The molecule has 2 rings (SSSR count). The van der Waals surface area contributed by atoms with Crippen LogP contribution in [0.25, 0.3) is 11.0 Å². The van der Waals surface area contributed by atoms with Gasteiger partial charge in [0.1, 0.15) is 11.3 Å². The highest BCUT2D eigenvalue weighted by Gasteiger charge is 2.13. The zero-order chi connectivity index (χ0) is 17.7. The lowest BCUT2D eigenvalue weighted by molar-refractivity contribution is -0.132. The van der Waals surface area contributed by atoms with Gasteiger partial charge >= 0.3 is 5.63 Å². The summed E-state index contributed by atoms with van der Waals surface area (Å²) in [4.78, 5) is 25.5. The SMILES string of the molecule is C=C(C)CN(CC)C(=O)COc1ccc2c(CC)cc(=O)oc2c1. The average molecular weight is 329 g/mol. The Morgan fingerprint density at radius 2 is 2.04 bits per heavy atom. The number of hydrogen-bond donors (Lipinski definition) is 0. The van der Waals surface area contributed by atoms with Gasteiger partial charge in [-0.05, 0) is 38.0 Å². The van der Waals surface area contributed by atoms with E-state index in [-0.39, 0.29) is 18.1 Å². The highest BCUT2D eigenvalue weighted by Crippen LogP contribution is 2.23. The molecule has 0 unspecified atom stereocenters. The van der Waals surface area contributed by atoms with Crippen LogP contribution in [0, 0.1) is 0 Å². The maximum absolute atomic E-state index is 12.2. The topological polar surface area (TPSA) is 59.8 Å². The standard InChI is InChI=1S/C19H23NO4/c1-5-14-9-19(22)24-17-10-15(7-8-16(14)17)23-12-18(21)20(6-2)11-13(3)4/h7-10H,3,5-6,11-12H2,1-2,4H3. The lowest BCUT2D eigenvalue weighted by Crippen LogP contribution is -2.35. The van der Waals surface area contributed by atoms with Crippen molar-refractivity contribution in [3.05, 3.63) is 52.4 Å². The maximum atomic E-state index is 12.2. The van der Waals surface area contributed by atoms with Crippen molar-refractivity contribution in [1.29, 1.82) is 0 Å². The Bertz CT molecular complexity index is 807. The molecule has 1 amide bonds. The number of rotatable bonds is 7. The van der Waals surface area contributed by atoms with Gasteiger partial charge in [0.05, 0.1) is 0 Å². The Balaban J connectivity index is 2.14. The van der Waals surface area contributed by atoms with E-state index in [2.05, 4.69) is 6.58 Å². The molecule has 0 bridgehead atoms. The van der Waals surface area contributed by atoms with Gasteiger partial charge in [0, 0.05) is 30.6 Å². The average Bonchev–Trinajstić information content (AvgIpc) is 2.56. The van der Waals surface area contributed by atoms with Crippen LogP contribution in [0.15, 0.2) is 45.6 Å². The maximum Gasteiger partial charge on any atom is 0.336 e. The first kappa shape index (κ1) is 17.8. The Morgan fingerprint density at radius 1 is 1.29 bits per heavy atom. The van der Waals surface area contributed by atoms with Crippen LogP contribution < -0.4 is 10.4 Å². The predicted octanol–water partition coefficient (Wildman–Crippen LogP) is 3.16. The molecule has 0 saturated heterocycles. The minimum atomic E-state index is -0.383. The zero-order valence-corrected chi connectivity index (χ0v) is 14.4. The molecule has 0 N–H and O–H groups in total. The van der Waals surface area contributed by atoms with Crippen LogP contribution in [-0.4, -0.2) is 30.5 Å². The minimum Gasteiger partial charge on any atom is -0.484 e. The Kier molecular flexibility index (Phi) is 5.79. The number of benzene rings is 1. The molecule has 128 valence electrons. The summed E-state index contributed by atoms with van der Waals surface area (Å²) in [5.41, 5.74) is 1.94. The fourth-order valence-electron chi connectivity index (χ4n) is 2.53. The molecule has 0 saturated carbocycles. The van der Waals surface area contributed by atoms with Gasteiger partial charge in [0.2, 0.25) is 0 Å². The molecule has 2 aromatic rings. The van der Waals surface area contributed by atoms with Crippen LogP contribution in [-0.2, 0) is 11.2 Å². The van der Waals surface area contributed by atoms with Crippen LogP contribution in [0.5, 0.6) is 5.75 Å². The van der Waals surface area contributed by atoms with E-state index >= 15 is 0 Å². The Morgan fingerprint density at radius 3 is 2.67 bits per heavy atom. The second kappa shape index (κ2) is 7.81. The number of aryl methyl sites for hydroxylation is 1. The summed E-state index contributed by atoms with van der Waals surface area (Å²) in [5.74, 6) is 0.392. The van der Waals surface area contributed by atoms with Gasteiger partial charge in [0.15, 0.2) is 6.61 Å². The van der Waals surface area contributed by atoms with Crippen molar-refractivity contribution in [3.8, 4) is 5.75 Å². The summed E-state index contributed by atoms with van der Waals surface area (Å²) in [6, 6.07) is 6.79. The quantitative estimate of drug-likeness (QED) is 0.578. The first-order valence-electron chi connectivity index (χ1n) is 8.06. The van der Waals surface area contributed by atoms with Gasteiger partial charge in [0.25, 0.3) is 5.91 Å². The molecule has 0 aliphatic heterocycles. The van der Waals surface area contributed by atoms with Gasteiger partial charge in [-0.25, -0.2) is 4.79 Å². The zero-order valence-electron chi connectivity index (χ0n) is 14.4. The molecule has 0 aliphatic rings. The Hall–Kier alpha value is -2.56. The van der Waals surface area contributed by atoms with E-state index in [1.165, 1.54) is 6.07 Å². The van der Waals surface area contributed by atoms with Crippen molar-refractivity contribution in [1.82, 2.24) is 4.90 Å². The molecule has 0 aliphatic carbocycles. The number of amides is 1. The van der Waals surface area contributed by atoms with E-state index < -0.39 is 0 Å². The normalized spacial score (nSPS) is 10.6. The Labute approximate surface area is 141 Å². The third kappa shape index (κ3) is 4.25. The largest absolute Gasteiger partial charge is 0.484 e. The lowest BCUT2D eigenvalue weighted by Gasteiger charge is -2.21. The van der Waals surface area contributed by atoms with Crippen LogP contribution in [0.2, 0.25) is 0 Å². The van der Waals surface area contributed by atoms with Crippen molar-refractivity contribution >= 4 is 16.9 Å². The number of likely N-dealkylation sites (N-methyl/N-ethyl adjacent to an activating group) is 1. The number of fused-ring (bicyclic) bond motifs is 1. The van der Waals surface area contributed by atoms with E-state index in [0.29, 0.717) is 24.4 Å². The van der Waals surface area contributed by atoms with Gasteiger partial charge in [-0.15, -0.1) is 0 Å². The molecule has 0 spiro atoms. The molecular weight excluding hydrogens is 306 g/mol. The summed E-state index contributed by atoms with van der Waals surface area (Å²) in [5, 5.41) is 0.883. The number of carbonyl (C=O) groups excluding carboxylic acids is 1. The molecule has 1 aromatic carbocycles. The van der Waals surface area contributed by atoms with Crippen molar-refractivity contribution < 1.29 is 13.9 Å². The molecular formula is C19H23NO4. The van der Waals surface area contributed by atoms with E-state index in [1.54, 1.807) is 17.0 Å². The second-order valence-corrected chi connectivity index (χ2v) is 5.76. The molecule has 1 heterocycles. The van der Waals surface area contributed by atoms with Crippen LogP contribution in [0.1, 0.15) is 26.3 Å². The van der Waals surface area contributed by atoms with E-state index in [1.807, 2.05) is 26.8 Å². The van der Waals surface area contributed by atoms with Gasteiger partial charge in [-0.1, -0.05) is 19.1 Å². The predicted molar refractivity (Wildman–Crippen MR) is 94.4 cm³/mol. The molecule has 0 atom stereocenters. The summed E-state index contributed by atoms with van der Waals surface area (Å²) in [6.45, 7) is 10.7. The van der Waals surface area contributed by atoms with Gasteiger partial charge in [-0.3, -0.25) is 4.79 Å². The number of hydrogen-bond acceptors (Lipinski definition) is 4. The van der Waals surface area contributed by atoms with E-state index in [0.717, 1.165) is 22.9 Å². The molecule has 5 nitrogen and oxygen atoms in total. The van der Waals surface area contributed by atoms with E-state index in [4.69, 9.17) is 9.15 Å². The van der Waals surface area contributed by atoms with Crippen LogP contribution >= 0.6 is 0 Å². The molecule has 0 fully saturated rings. The molecule has 0 radical (unpaired) electrons. The van der Waals surface area contributed by atoms with Crippen molar-refractivity contribution in [2.24, 2.45) is 0 Å². The summed E-state index contributed by atoms with van der Waals surface area (Å²) in [6.07, 6.45) is 0.743. The lowest BCUT2D eigenvalue weighted by atomic mass is 10.1. The minimum absolute atomic E-state index is 0.0652. The summed E-state index contributed by atoms with van der Waals surface area (Å²) >= 11 is 0. The monoisotopic (exact) mass is 329 g/mol. The van der Waals surface area contributed by atoms with E-state index in [9.17, 15) is 9.59 Å². The number of carbonyl (C=O) groups is 1. The third-order valence-electron chi connectivity index (χ3n) is 3.74. The first-order chi connectivity index (χ1) is 11.4.